The molecule has 0 atom stereocenters. The minimum Gasteiger partial charge on any atom is -0.358 e. The number of aryl methyl sites for hydroxylation is 1. The van der Waals surface area contributed by atoms with Crippen molar-refractivity contribution in [3.8, 4) is 44.5 Å². The number of nitrogens with zero attached hydrogens (tertiary/aromatic N) is 3. The van der Waals surface area contributed by atoms with E-state index in [4.69, 9.17) is 15.0 Å². The highest BCUT2D eigenvalue weighted by Crippen LogP contribution is 2.45. The van der Waals surface area contributed by atoms with Crippen LogP contribution in [0.5, 0.6) is 0 Å². The van der Waals surface area contributed by atoms with Gasteiger partial charge in [0.25, 0.3) is 0 Å². The number of nitrogens with one attached hydrogen (secondary N) is 3. The van der Waals surface area contributed by atoms with Crippen molar-refractivity contribution in [2.24, 2.45) is 0 Å². The minimum atomic E-state index is -0.103. The van der Waals surface area contributed by atoms with E-state index in [9.17, 15) is 0 Å². The molecule has 0 fully saturated rings. The Labute approximate surface area is 471 Å². The zero-order chi connectivity index (χ0) is 56.9. The van der Waals surface area contributed by atoms with E-state index >= 15 is 0 Å². The van der Waals surface area contributed by atoms with Crippen molar-refractivity contribution >= 4 is 57.3 Å². The molecule has 6 heteroatoms. The first-order valence-electron chi connectivity index (χ1n) is 29.0. The van der Waals surface area contributed by atoms with Gasteiger partial charge in [0.1, 0.15) is 0 Å². The molecule has 0 amide bonds. The fourth-order valence-corrected chi connectivity index (χ4v) is 11.2. The quantitative estimate of drug-likeness (QED) is 0.149. The fourth-order valence-electron chi connectivity index (χ4n) is 11.2. The molecule has 8 aromatic rings. The van der Waals surface area contributed by atoms with Crippen molar-refractivity contribution in [1.29, 1.82) is 0 Å². The molecule has 2 aliphatic heterocycles. The Kier molecular flexibility index (Phi) is 13.7. The van der Waals surface area contributed by atoms with Gasteiger partial charge in [-0.1, -0.05) is 193 Å². The van der Waals surface area contributed by atoms with E-state index in [0.29, 0.717) is 0 Å². The number of benzene rings is 3. The number of rotatable bonds is 7. The number of unbranched alkanes of at least 4 members (excludes halogenated alkanes) is 1. The first-order chi connectivity index (χ1) is 36.9. The van der Waals surface area contributed by atoms with Crippen LogP contribution in [0.15, 0.2) is 97.3 Å². The van der Waals surface area contributed by atoms with Gasteiger partial charge in [-0.05, 0) is 150 Å². The molecule has 0 saturated carbocycles. The van der Waals surface area contributed by atoms with Gasteiger partial charge >= 0.3 is 0 Å². The Morgan fingerprint density at radius 2 is 0.684 bits per heavy atom. The molecule has 6 nitrogen and oxygen atoms in total. The summed E-state index contributed by atoms with van der Waals surface area (Å²) in [6.45, 7) is 44.0. The summed E-state index contributed by atoms with van der Waals surface area (Å²) in [6.07, 6.45) is 15.8. The summed E-state index contributed by atoms with van der Waals surface area (Å²) in [5.74, 6) is 0. The van der Waals surface area contributed by atoms with E-state index in [1.807, 2.05) is 12.4 Å². The molecular formula is C73H86N6. The van der Waals surface area contributed by atoms with Crippen LogP contribution in [0.25, 0.3) is 102 Å². The van der Waals surface area contributed by atoms with Crippen molar-refractivity contribution < 1.29 is 0 Å². The molecule has 0 spiro atoms. The molecule has 79 heavy (non-hydrogen) atoms. The Morgan fingerprint density at radius 1 is 0.354 bits per heavy atom. The zero-order valence-corrected chi connectivity index (χ0v) is 51.0. The third-order valence-electron chi connectivity index (χ3n) is 16.3. The highest BCUT2D eigenvalue weighted by molar-refractivity contribution is 6.05. The van der Waals surface area contributed by atoms with E-state index in [2.05, 4.69) is 256 Å². The summed E-state index contributed by atoms with van der Waals surface area (Å²) in [5.41, 5.74) is 25.7. The van der Waals surface area contributed by atoms with Crippen molar-refractivity contribution in [2.45, 2.75) is 183 Å². The highest BCUT2D eigenvalue weighted by atomic mass is 14.8. The normalized spacial score (nSPS) is 13.6. The third-order valence-corrected chi connectivity index (χ3v) is 16.3. The van der Waals surface area contributed by atoms with Crippen LogP contribution >= 0.6 is 0 Å². The number of pyridine rings is 1. The molecule has 8 bridgehead atoms. The Hall–Kier alpha value is -7.05. The highest BCUT2D eigenvalue weighted by Gasteiger charge is 2.29. The molecule has 0 aliphatic carbocycles. The second-order valence-electron chi connectivity index (χ2n) is 28.9. The van der Waals surface area contributed by atoms with Gasteiger partial charge in [-0.25, -0.2) is 9.97 Å². The summed E-state index contributed by atoms with van der Waals surface area (Å²) < 4.78 is 0. The average Bonchev–Trinajstić information content (AvgIpc) is 4.32. The molecule has 408 valence electrons. The molecule has 2 aliphatic rings. The maximum Gasteiger partial charge on any atom is 0.0738 e. The lowest BCUT2D eigenvalue weighted by Crippen LogP contribution is -2.16. The maximum absolute atomic E-state index is 5.85. The first kappa shape index (κ1) is 55.3. The number of H-pyrrole nitrogens is 3. The number of fused-ring (bicyclic) bond motifs is 9. The standard InChI is InChI=1S/C73H86N6/c1-20-21-22-54-66(52-42-74-32-31-53(52)75-54)67-61-29-27-59(78-61)64(44-35-48(70(8,9)10)40-49(36-44)71(11,12)13)57-25-23-55(76-57)63(43-33-46(68(2,3)4)39-47(34-43)69(5,6)7)56-24-26-58(77-56)65(60-28-30-62(67)79-60)45-37-50(72(14,15)16)41-51(38-45)73(17,18)19/h23-42,75-77H,20-22H2,1-19H3. The van der Waals surface area contributed by atoms with Crippen LogP contribution in [0.1, 0.15) is 206 Å². The number of hydrogen-bond donors (Lipinski definition) is 3. The molecule has 5 aromatic heterocycles. The molecule has 3 aromatic carbocycles. The van der Waals surface area contributed by atoms with Crippen LogP contribution < -0.4 is 0 Å². The van der Waals surface area contributed by atoms with Crippen molar-refractivity contribution in [2.75, 3.05) is 0 Å². The lowest BCUT2D eigenvalue weighted by atomic mass is 9.78. The van der Waals surface area contributed by atoms with Crippen molar-refractivity contribution in [3.63, 3.8) is 0 Å². The number of hydrogen-bond acceptors (Lipinski definition) is 3. The van der Waals surface area contributed by atoms with Gasteiger partial charge in [-0.3, -0.25) is 4.98 Å². The summed E-state index contributed by atoms with van der Waals surface area (Å²) in [6, 6.07) is 33.0. The van der Waals surface area contributed by atoms with Gasteiger partial charge in [0.15, 0.2) is 0 Å². The molecule has 3 N–H and O–H groups in total. The summed E-state index contributed by atoms with van der Waals surface area (Å²) in [5, 5.41) is 1.07. The van der Waals surface area contributed by atoms with E-state index in [1.54, 1.807) is 0 Å². The largest absolute Gasteiger partial charge is 0.358 e. The monoisotopic (exact) mass is 1050 g/mol. The van der Waals surface area contributed by atoms with Gasteiger partial charge in [-0.2, -0.15) is 0 Å². The summed E-state index contributed by atoms with van der Waals surface area (Å²) in [7, 11) is 0. The lowest BCUT2D eigenvalue weighted by Gasteiger charge is -2.26. The predicted octanol–water partition coefficient (Wildman–Crippen LogP) is 20.3. The average molecular weight is 1050 g/mol. The summed E-state index contributed by atoms with van der Waals surface area (Å²) in [4.78, 5) is 28.6. The molecule has 10 rings (SSSR count). The molecule has 0 radical (unpaired) electrons. The van der Waals surface area contributed by atoms with Crippen LogP contribution in [0.4, 0.5) is 0 Å². The zero-order valence-electron chi connectivity index (χ0n) is 51.0. The Morgan fingerprint density at radius 3 is 1.03 bits per heavy atom. The predicted molar refractivity (Wildman–Crippen MR) is 341 cm³/mol. The first-order valence-corrected chi connectivity index (χ1v) is 29.0. The molecule has 7 heterocycles. The second kappa shape index (κ2) is 19.6. The molecule has 0 unspecified atom stereocenters. The second-order valence-corrected chi connectivity index (χ2v) is 28.9. The van der Waals surface area contributed by atoms with Crippen LogP contribution in [0, 0.1) is 0 Å². The molecular weight excluding hydrogens is 961 g/mol. The maximum atomic E-state index is 5.85. The Bertz CT molecular complexity index is 3660. The van der Waals surface area contributed by atoms with Crippen LogP contribution in [0.3, 0.4) is 0 Å². The fraction of sp³-hybridized carbons (Fsp3) is 0.384. The smallest absolute Gasteiger partial charge is 0.0738 e. The van der Waals surface area contributed by atoms with E-state index in [0.717, 1.165) is 120 Å². The number of aromatic amines is 3. The topological polar surface area (TPSA) is 86.0 Å². The lowest BCUT2D eigenvalue weighted by molar-refractivity contribution is 0.568. The van der Waals surface area contributed by atoms with Gasteiger partial charge in [0.2, 0.25) is 0 Å². The van der Waals surface area contributed by atoms with Gasteiger partial charge < -0.3 is 15.0 Å². The van der Waals surface area contributed by atoms with E-state index in [1.165, 1.54) is 39.1 Å². The van der Waals surface area contributed by atoms with Crippen LogP contribution in [-0.4, -0.2) is 29.9 Å². The van der Waals surface area contributed by atoms with Crippen LogP contribution in [0.2, 0.25) is 0 Å². The van der Waals surface area contributed by atoms with Gasteiger partial charge in [0.05, 0.1) is 22.8 Å². The number of aromatic nitrogens is 6. The third kappa shape index (κ3) is 10.9. The summed E-state index contributed by atoms with van der Waals surface area (Å²) >= 11 is 0. The minimum absolute atomic E-state index is 0.0949. The van der Waals surface area contributed by atoms with Crippen molar-refractivity contribution in [1.82, 2.24) is 29.9 Å². The van der Waals surface area contributed by atoms with Crippen molar-refractivity contribution in [3.05, 3.63) is 159 Å². The van der Waals surface area contributed by atoms with Crippen LogP contribution in [-0.2, 0) is 38.9 Å². The molecule has 0 saturated heterocycles. The van der Waals surface area contributed by atoms with E-state index in [-0.39, 0.29) is 32.5 Å². The SMILES string of the molecule is CCCCc1[nH]c2ccncc2c1-c1c2nc(c(-c3cc(C(C)(C)C)cc(C(C)(C)C)c3)c3ccc([nH]3)c(-c3cc(C(C)(C)C)cc(C(C)(C)C)c3)c3ccc([nH]3)c(-c3cc(C(C)(C)C)cc(C(C)(C)C)c3)c3nc1C=C3)C=C2. The van der Waals surface area contributed by atoms with Gasteiger partial charge in [-0.15, -0.1) is 0 Å². The Balaban J connectivity index is 1.46. The van der Waals surface area contributed by atoms with E-state index < -0.39 is 0 Å². The van der Waals surface area contributed by atoms with Gasteiger partial charge in [0, 0.05) is 78.9 Å².